The number of nitrogens with zero attached hydrogens (tertiary/aromatic N) is 1. The van der Waals surface area contributed by atoms with Gasteiger partial charge < -0.3 is 0 Å². The minimum absolute atomic E-state index is 0.0287. The van der Waals surface area contributed by atoms with Gasteiger partial charge in [0, 0.05) is 12.5 Å². The van der Waals surface area contributed by atoms with E-state index in [1.165, 1.54) is 4.90 Å². The normalized spacial score (nSPS) is 15.8. The number of imide groups is 1. The van der Waals surface area contributed by atoms with Gasteiger partial charge in [-0.3, -0.25) is 19.3 Å². The molecule has 0 N–H and O–H groups in total. The minimum atomic E-state index is -0.414. The van der Waals surface area contributed by atoms with Gasteiger partial charge in [-0.1, -0.05) is 28.1 Å². The zero-order chi connectivity index (χ0) is 13.3. The number of carbonyl (C=O) groups is 3. The van der Waals surface area contributed by atoms with E-state index in [0.29, 0.717) is 11.1 Å². The maximum atomic E-state index is 12.1. The Hall–Kier alpha value is -1.49. The number of hydrogen-bond donors (Lipinski definition) is 0. The fraction of sp³-hybridized carbons (Fsp3) is 0.308. The Morgan fingerprint density at radius 1 is 1.22 bits per heavy atom. The third-order valence-electron chi connectivity index (χ3n) is 2.94. The van der Waals surface area contributed by atoms with E-state index in [2.05, 4.69) is 15.9 Å². The maximum absolute atomic E-state index is 12.1. The highest BCUT2D eigenvalue weighted by atomic mass is 79.9. The number of rotatable bonds is 4. The molecule has 0 aromatic heterocycles. The van der Waals surface area contributed by atoms with Crippen LogP contribution < -0.4 is 0 Å². The Morgan fingerprint density at radius 2 is 1.72 bits per heavy atom. The molecule has 0 spiro atoms. The van der Waals surface area contributed by atoms with Crippen molar-refractivity contribution in [2.75, 3.05) is 5.33 Å². The zero-order valence-corrected chi connectivity index (χ0v) is 11.4. The first-order valence-electron chi connectivity index (χ1n) is 5.61. The summed E-state index contributed by atoms with van der Waals surface area (Å²) in [6, 6.07) is 6.30. The lowest BCUT2D eigenvalue weighted by atomic mass is 10.1. The molecule has 1 aromatic carbocycles. The van der Waals surface area contributed by atoms with Crippen molar-refractivity contribution in [1.82, 2.24) is 4.90 Å². The molecule has 0 fully saturated rings. The van der Waals surface area contributed by atoms with Crippen LogP contribution >= 0.6 is 15.9 Å². The highest BCUT2D eigenvalue weighted by Crippen LogP contribution is 2.25. The van der Waals surface area contributed by atoms with E-state index in [4.69, 9.17) is 0 Å². The van der Waals surface area contributed by atoms with Crippen molar-refractivity contribution < 1.29 is 14.4 Å². The molecule has 0 saturated carbocycles. The molecule has 0 aliphatic carbocycles. The van der Waals surface area contributed by atoms with Crippen LogP contribution in [0.4, 0.5) is 0 Å². The summed E-state index contributed by atoms with van der Waals surface area (Å²) in [5.74, 6) is -0.657. The second-order valence-corrected chi connectivity index (χ2v) is 4.81. The number of carbonyl (C=O) groups excluding carboxylic acids is 3. The maximum Gasteiger partial charge on any atom is 0.261 e. The predicted octanol–water partition coefficient (Wildman–Crippen LogP) is 2.03. The van der Waals surface area contributed by atoms with Crippen LogP contribution in [-0.4, -0.2) is 33.9 Å². The number of benzene rings is 1. The monoisotopic (exact) mass is 309 g/mol. The number of Topliss-reactive ketones (excluding diaryl/α,β-unsaturated/α-hetero) is 1. The molecule has 4 nitrogen and oxygen atoms in total. The molecule has 1 aliphatic rings. The highest BCUT2D eigenvalue weighted by molar-refractivity contribution is 9.09. The fourth-order valence-electron chi connectivity index (χ4n) is 2.08. The van der Waals surface area contributed by atoms with Crippen LogP contribution in [0.5, 0.6) is 0 Å². The first kappa shape index (κ1) is 13.0. The van der Waals surface area contributed by atoms with E-state index in [-0.39, 0.29) is 29.3 Å². The largest absolute Gasteiger partial charge is 0.299 e. The summed E-state index contributed by atoms with van der Waals surface area (Å²) in [6.07, 6.45) is 0.177. The van der Waals surface area contributed by atoms with Gasteiger partial charge in [-0.25, -0.2) is 0 Å². The first-order chi connectivity index (χ1) is 8.56. The van der Waals surface area contributed by atoms with Gasteiger partial charge in [-0.2, -0.15) is 0 Å². The molecule has 5 heteroatoms. The van der Waals surface area contributed by atoms with E-state index in [1.807, 2.05) is 0 Å². The summed E-state index contributed by atoms with van der Waals surface area (Å²) in [6.45, 7) is 1.71. The highest BCUT2D eigenvalue weighted by Gasteiger charge is 2.38. The second-order valence-electron chi connectivity index (χ2n) is 4.25. The van der Waals surface area contributed by atoms with Crippen LogP contribution in [0.3, 0.4) is 0 Å². The summed E-state index contributed by atoms with van der Waals surface area (Å²) in [5.41, 5.74) is 0.835. The van der Waals surface area contributed by atoms with Crippen LogP contribution in [0.15, 0.2) is 24.3 Å². The molecule has 94 valence electrons. The lowest BCUT2D eigenvalue weighted by molar-refractivity contribution is -0.117. The van der Waals surface area contributed by atoms with Crippen molar-refractivity contribution in [3.63, 3.8) is 0 Å². The second kappa shape index (κ2) is 5.02. The average molecular weight is 310 g/mol. The molecule has 1 heterocycles. The van der Waals surface area contributed by atoms with Crippen LogP contribution in [0, 0.1) is 0 Å². The standard InChI is InChI=1S/C13H12BrNO3/c1-8(6-9(16)7-14)15-12(17)10-4-2-3-5-11(10)13(15)18/h2-5,8H,6-7H2,1H3. The fourth-order valence-corrected chi connectivity index (χ4v) is 2.31. The van der Waals surface area contributed by atoms with Crippen molar-refractivity contribution in [2.24, 2.45) is 0 Å². The Labute approximate surface area is 113 Å². The van der Waals surface area contributed by atoms with E-state index in [9.17, 15) is 14.4 Å². The third-order valence-corrected chi connectivity index (χ3v) is 3.56. The van der Waals surface area contributed by atoms with E-state index < -0.39 is 6.04 Å². The topological polar surface area (TPSA) is 54.5 Å². The molecule has 1 aliphatic heterocycles. The SMILES string of the molecule is CC(CC(=O)CBr)N1C(=O)c2ccccc2C1=O. The van der Waals surface area contributed by atoms with Gasteiger partial charge >= 0.3 is 0 Å². The van der Waals surface area contributed by atoms with Crippen LogP contribution in [0.2, 0.25) is 0 Å². The minimum Gasteiger partial charge on any atom is -0.299 e. The molecule has 0 radical (unpaired) electrons. The first-order valence-corrected chi connectivity index (χ1v) is 6.73. The lowest BCUT2D eigenvalue weighted by Gasteiger charge is -2.21. The molecular formula is C13H12BrNO3. The third kappa shape index (κ3) is 2.10. The summed E-state index contributed by atoms with van der Waals surface area (Å²) in [5, 5.41) is 0.237. The van der Waals surface area contributed by atoms with Gasteiger partial charge in [-0.15, -0.1) is 0 Å². The molecule has 1 atom stereocenters. The number of fused-ring (bicyclic) bond motifs is 1. The van der Waals surface area contributed by atoms with Gasteiger partial charge in [0.25, 0.3) is 11.8 Å². The number of amides is 2. The summed E-state index contributed by atoms with van der Waals surface area (Å²) in [7, 11) is 0. The molecule has 0 saturated heterocycles. The molecule has 2 amide bonds. The van der Waals surface area contributed by atoms with Gasteiger partial charge in [0.05, 0.1) is 16.5 Å². The summed E-state index contributed by atoms with van der Waals surface area (Å²) >= 11 is 3.07. The molecule has 1 aromatic rings. The summed E-state index contributed by atoms with van der Waals surface area (Å²) < 4.78 is 0. The Kier molecular flexibility index (Phi) is 3.61. The van der Waals surface area contributed by atoms with Crippen molar-refractivity contribution in [3.8, 4) is 0 Å². The number of ketones is 1. The number of alkyl halides is 1. The number of hydrogen-bond acceptors (Lipinski definition) is 3. The molecule has 1 unspecified atom stereocenters. The molecule has 18 heavy (non-hydrogen) atoms. The van der Waals surface area contributed by atoms with Crippen molar-refractivity contribution in [3.05, 3.63) is 35.4 Å². The van der Waals surface area contributed by atoms with Crippen LogP contribution in [-0.2, 0) is 4.79 Å². The lowest BCUT2D eigenvalue weighted by Crippen LogP contribution is -2.39. The van der Waals surface area contributed by atoms with Crippen LogP contribution in [0.1, 0.15) is 34.1 Å². The van der Waals surface area contributed by atoms with E-state index in [0.717, 1.165) is 0 Å². The van der Waals surface area contributed by atoms with Crippen LogP contribution in [0.25, 0.3) is 0 Å². The molecular weight excluding hydrogens is 298 g/mol. The van der Waals surface area contributed by atoms with Crippen molar-refractivity contribution in [1.29, 1.82) is 0 Å². The Balaban J connectivity index is 2.25. The number of halogens is 1. The quantitative estimate of drug-likeness (QED) is 0.631. The van der Waals surface area contributed by atoms with Gasteiger partial charge in [-0.05, 0) is 19.1 Å². The smallest absolute Gasteiger partial charge is 0.261 e. The Bertz CT molecular complexity index is 492. The predicted molar refractivity (Wildman–Crippen MR) is 69.8 cm³/mol. The Morgan fingerprint density at radius 3 is 2.17 bits per heavy atom. The zero-order valence-electron chi connectivity index (χ0n) is 9.85. The van der Waals surface area contributed by atoms with Gasteiger partial charge in [0.2, 0.25) is 0 Å². The van der Waals surface area contributed by atoms with Gasteiger partial charge in [0.15, 0.2) is 0 Å². The van der Waals surface area contributed by atoms with Crippen molar-refractivity contribution in [2.45, 2.75) is 19.4 Å². The molecule has 2 rings (SSSR count). The molecule has 0 bridgehead atoms. The van der Waals surface area contributed by atoms with Gasteiger partial charge in [0.1, 0.15) is 5.78 Å². The summed E-state index contributed by atoms with van der Waals surface area (Å²) in [4.78, 5) is 36.7. The van der Waals surface area contributed by atoms with Crippen molar-refractivity contribution >= 4 is 33.5 Å². The van der Waals surface area contributed by atoms with E-state index in [1.54, 1.807) is 31.2 Å². The average Bonchev–Trinajstić information content (AvgIpc) is 2.62. The van der Waals surface area contributed by atoms with E-state index >= 15 is 0 Å².